The lowest BCUT2D eigenvalue weighted by Gasteiger charge is -2.10. The SMILES string of the molecule is O=C1Nc2ccccc2C1c1ccc2cc(OCC3CO3)ccc2n1. The Kier molecular flexibility index (Phi) is 3.21. The fourth-order valence-corrected chi connectivity index (χ4v) is 3.23. The average molecular weight is 332 g/mol. The minimum Gasteiger partial charge on any atom is -0.491 e. The number of anilines is 1. The van der Waals surface area contributed by atoms with Gasteiger partial charge in [0.2, 0.25) is 5.91 Å². The maximum Gasteiger partial charge on any atom is 0.238 e. The highest BCUT2D eigenvalue weighted by Crippen LogP contribution is 2.36. The number of amides is 1. The number of para-hydroxylation sites is 1. The van der Waals surface area contributed by atoms with E-state index in [-0.39, 0.29) is 17.9 Å². The van der Waals surface area contributed by atoms with Crippen LogP contribution in [0.1, 0.15) is 17.2 Å². The lowest BCUT2D eigenvalue weighted by atomic mass is 9.96. The molecule has 124 valence electrons. The van der Waals surface area contributed by atoms with Crippen LogP contribution in [0.25, 0.3) is 10.9 Å². The first-order chi connectivity index (χ1) is 12.3. The van der Waals surface area contributed by atoms with Crippen molar-refractivity contribution in [1.82, 2.24) is 4.98 Å². The van der Waals surface area contributed by atoms with Gasteiger partial charge < -0.3 is 14.8 Å². The third kappa shape index (κ3) is 2.62. The van der Waals surface area contributed by atoms with Crippen LogP contribution in [0.2, 0.25) is 0 Å². The monoisotopic (exact) mass is 332 g/mol. The average Bonchev–Trinajstić information content (AvgIpc) is 3.40. The van der Waals surface area contributed by atoms with Gasteiger partial charge in [0.1, 0.15) is 24.4 Å². The van der Waals surface area contributed by atoms with E-state index in [0.717, 1.165) is 40.2 Å². The number of carbonyl (C=O) groups excluding carboxylic acids is 1. The van der Waals surface area contributed by atoms with Crippen molar-refractivity contribution in [3.63, 3.8) is 0 Å². The van der Waals surface area contributed by atoms with E-state index in [9.17, 15) is 4.79 Å². The molecule has 25 heavy (non-hydrogen) atoms. The zero-order valence-corrected chi connectivity index (χ0v) is 13.4. The molecule has 1 N–H and O–H groups in total. The molecule has 2 unspecified atom stereocenters. The molecule has 0 radical (unpaired) electrons. The predicted molar refractivity (Wildman–Crippen MR) is 93.9 cm³/mol. The summed E-state index contributed by atoms with van der Waals surface area (Å²) in [6, 6.07) is 17.5. The number of ether oxygens (including phenoxy) is 2. The quantitative estimate of drug-likeness (QED) is 0.746. The Hall–Kier alpha value is -2.92. The van der Waals surface area contributed by atoms with Crippen LogP contribution in [0, 0.1) is 0 Å². The van der Waals surface area contributed by atoms with Gasteiger partial charge in [0, 0.05) is 11.1 Å². The number of carbonyl (C=O) groups is 1. The number of nitrogens with zero attached hydrogens (tertiary/aromatic N) is 1. The van der Waals surface area contributed by atoms with Crippen molar-refractivity contribution in [3.05, 3.63) is 65.9 Å². The summed E-state index contributed by atoms with van der Waals surface area (Å²) in [5, 5.41) is 3.92. The molecule has 2 atom stereocenters. The molecule has 2 aromatic carbocycles. The maximum atomic E-state index is 12.4. The van der Waals surface area contributed by atoms with Crippen LogP contribution in [0.5, 0.6) is 5.75 Å². The summed E-state index contributed by atoms with van der Waals surface area (Å²) in [6.45, 7) is 1.36. The smallest absolute Gasteiger partial charge is 0.238 e. The number of fused-ring (bicyclic) bond motifs is 2. The van der Waals surface area contributed by atoms with Gasteiger partial charge in [-0.15, -0.1) is 0 Å². The second-order valence-corrected chi connectivity index (χ2v) is 6.37. The molecule has 1 amide bonds. The number of hydrogen-bond donors (Lipinski definition) is 1. The number of aromatic nitrogens is 1. The number of nitrogens with one attached hydrogen (secondary N) is 1. The third-order valence-corrected chi connectivity index (χ3v) is 4.61. The number of pyridine rings is 1. The molecule has 0 bridgehead atoms. The van der Waals surface area contributed by atoms with Crippen molar-refractivity contribution in [2.75, 3.05) is 18.5 Å². The first-order valence-corrected chi connectivity index (χ1v) is 8.33. The summed E-state index contributed by atoms with van der Waals surface area (Å²) in [6.07, 6.45) is 0.233. The van der Waals surface area contributed by atoms with Gasteiger partial charge in [-0.25, -0.2) is 0 Å². The molecule has 2 aliphatic rings. The van der Waals surface area contributed by atoms with Crippen LogP contribution >= 0.6 is 0 Å². The molecular formula is C20H16N2O3. The molecule has 3 aromatic rings. The fraction of sp³-hybridized carbons (Fsp3) is 0.200. The molecule has 2 aliphatic heterocycles. The molecule has 5 nitrogen and oxygen atoms in total. The Morgan fingerprint density at radius 2 is 2.04 bits per heavy atom. The van der Waals surface area contributed by atoms with Crippen LogP contribution in [-0.4, -0.2) is 30.2 Å². The van der Waals surface area contributed by atoms with Crippen molar-refractivity contribution in [2.24, 2.45) is 0 Å². The van der Waals surface area contributed by atoms with Gasteiger partial charge in [0.05, 0.1) is 17.8 Å². The second-order valence-electron chi connectivity index (χ2n) is 6.37. The first kappa shape index (κ1) is 14.4. The fourth-order valence-electron chi connectivity index (χ4n) is 3.23. The van der Waals surface area contributed by atoms with Crippen LogP contribution < -0.4 is 10.1 Å². The van der Waals surface area contributed by atoms with Crippen LogP contribution in [0.3, 0.4) is 0 Å². The molecule has 3 heterocycles. The molecule has 5 rings (SSSR count). The molecule has 0 saturated carbocycles. The van der Waals surface area contributed by atoms with E-state index in [1.165, 1.54) is 0 Å². The highest BCUT2D eigenvalue weighted by molar-refractivity contribution is 6.05. The Balaban J connectivity index is 1.48. The lowest BCUT2D eigenvalue weighted by Crippen LogP contribution is -2.14. The van der Waals surface area contributed by atoms with Crippen LogP contribution in [-0.2, 0) is 9.53 Å². The summed E-state index contributed by atoms with van der Waals surface area (Å²) < 4.78 is 10.9. The first-order valence-electron chi connectivity index (χ1n) is 8.33. The highest BCUT2D eigenvalue weighted by Gasteiger charge is 2.32. The highest BCUT2D eigenvalue weighted by atomic mass is 16.6. The van der Waals surface area contributed by atoms with Crippen molar-refractivity contribution >= 4 is 22.5 Å². The van der Waals surface area contributed by atoms with Gasteiger partial charge in [0.25, 0.3) is 0 Å². The van der Waals surface area contributed by atoms with Gasteiger partial charge in [-0.1, -0.05) is 24.3 Å². The summed E-state index contributed by atoms with van der Waals surface area (Å²) >= 11 is 0. The van der Waals surface area contributed by atoms with Crippen molar-refractivity contribution < 1.29 is 14.3 Å². The zero-order valence-electron chi connectivity index (χ0n) is 13.4. The van der Waals surface area contributed by atoms with Gasteiger partial charge in [0.15, 0.2) is 0 Å². The Morgan fingerprint density at radius 3 is 2.92 bits per heavy atom. The van der Waals surface area contributed by atoms with E-state index in [2.05, 4.69) is 5.32 Å². The third-order valence-electron chi connectivity index (χ3n) is 4.61. The predicted octanol–water partition coefficient (Wildman–Crippen LogP) is 3.10. The van der Waals surface area contributed by atoms with Gasteiger partial charge in [-0.05, 0) is 35.9 Å². The summed E-state index contributed by atoms with van der Waals surface area (Å²) in [5.74, 6) is 0.419. The topological polar surface area (TPSA) is 63.8 Å². The summed E-state index contributed by atoms with van der Waals surface area (Å²) in [7, 11) is 0. The molecular weight excluding hydrogens is 316 g/mol. The summed E-state index contributed by atoms with van der Waals surface area (Å²) in [5.41, 5.74) is 3.45. The van der Waals surface area contributed by atoms with Crippen LogP contribution in [0.15, 0.2) is 54.6 Å². The molecule has 1 aromatic heterocycles. The Bertz CT molecular complexity index is 982. The largest absolute Gasteiger partial charge is 0.491 e. The van der Waals surface area contributed by atoms with Gasteiger partial charge in [-0.2, -0.15) is 0 Å². The number of hydrogen-bond acceptors (Lipinski definition) is 4. The van der Waals surface area contributed by atoms with Gasteiger partial charge in [-0.3, -0.25) is 9.78 Å². The standard InChI is InChI=1S/C20H16N2O3/c23-20-19(15-3-1-2-4-17(15)22-20)18-7-5-12-9-13(6-8-16(12)21-18)24-10-14-11-25-14/h1-9,14,19H,10-11H2,(H,22,23). The second kappa shape index (κ2) is 5.57. The number of epoxide rings is 1. The maximum absolute atomic E-state index is 12.4. The molecule has 1 saturated heterocycles. The van der Waals surface area contributed by atoms with E-state index >= 15 is 0 Å². The van der Waals surface area contributed by atoms with Crippen molar-refractivity contribution in [3.8, 4) is 5.75 Å². The summed E-state index contributed by atoms with van der Waals surface area (Å²) in [4.78, 5) is 17.1. The molecule has 1 fully saturated rings. The minimum atomic E-state index is -0.358. The number of benzene rings is 2. The van der Waals surface area contributed by atoms with E-state index in [4.69, 9.17) is 14.5 Å². The van der Waals surface area contributed by atoms with Crippen molar-refractivity contribution in [2.45, 2.75) is 12.0 Å². The molecule has 5 heteroatoms. The number of rotatable bonds is 4. The molecule has 0 spiro atoms. The lowest BCUT2D eigenvalue weighted by molar-refractivity contribution is -0.116. The molecule has 0 aliphatic carbocycles. The van der Waals surface area contributed by atoms with E-state index in [1.807, 2.05) is 54.6 Å². The van der Waals surface area contributed by atoms with E-state index in [0.29, 0.717) is 6.61 Å². The van der Waals surface area contributed by atoms with Crippen molar-refractivity contribution in [1.29, 1.82) is 0 Å². The Labute approximate surface area is 144 Å². The minimum absolute atomic E-state index is 0.0302. The zero-order chi connectivity index (χ0) is 16.8. The van der Waals surface area contributed by atoms with Crippen LogP contribution in [0.4, 0.5) is 5.69 Å². The van der Waals surface area contributed by atoms with E-state index in [1.54, 1.807) is 0 Å². The van der Waals surface area contributed by atoms with E-state index < -0.39 is 0 Å². The van der Waals surface area contributed by atoms with Gasteiger partial charge >= 0.3 is 0 Å². The normalized spacial score (nSPS) is 21.0. The Morgan fingerprint density at radius 1 is 1.16 bits per heavy atom.